The summed E-state index contributed by atoms with van der Waals surface area (Å²) in [6, 6.07) is 21.8. The van der Waals surface area contributed by atoms with E-state index in [-0.39, 0.29) is 30.0 Å². The van der Waals surface area contributed by atoms with Gasteiger partial charge in [-0.1, -0.05) is 103 Å². The summed E-state index contributed by atoms with van der Waals surface area (Å²) in [5, 5.41) is 4.59. The maximum absolute atomic E-state index is 13.7. The average molecular weight is 578 g/mol. The zero-order valence-corrected chi connectivity index (χ0v) is 24.0. The lowest BCUT2D eigenvalue weighted by Gasteiger charge is -2.32. The molecule has 0 saturated heterocycles. The summed E-state index contributed by atoms with van der Waals surface area (Å²) in [5.41, 5.74) is 2.53. The summed E-state index contributed by atoms with van der Waals surface area (Å²) >= 11 is 20.7. The quantitative estimate of drug-likeness (QED) is 0.246. The van der Waals surface area contributed by atoms with E-state index in [0.29, 0.717) is 39.3 Å². The van der Waals surface area contributed by atoms with E-state index in [9.17, 15) is 9.59 Å². The van der Waals surface area contributed by atoms with Crippen LogP contribution >= 0.6 is 46.6 Å². The highest BCUT2D eigenvalue weighted by molar-refractivity contribution is 7.99. The van der Waals surface area contributed by atoms with E-state index in [0.717, 1.165) is 11.1 Å². The van der Waals surface area contributed by atoms with Crippen molar-refractivity contribution in [3.05, 3.63) is 105 Å². The van der Waals surface area contributed by atoms with Crippen LogP contribution in [0.15, 0.2) is 72.8 Å². The first kappa shape index (κ1) is 29.4. The SMILES string of the molecule is CC(C)CNC(=O)[C@H](Cc1ccccc1)N(Cc1c(Cl)cccc1Cl)C(=O)CSCc1ccccc1Cl. The van der Waals surface area contributed by atoms with Gasteiger partial charge in [0, 0.05) is 45.9 Å². The van der Waals surface area contributed by atoms with Gasteiger partial charge in [-0.3, -0.25) is 9.59 Å². The van der Waals surface area contributed by atoms with Crippen molar-refractivity contribution in [3.63, 3.8) is 0 Å². The fraction of sp³-hybridized carbons (Fsp3) is 0.310. The second-order valence-electron chi connectivity index (χ2n) is 9.15. The van der Waals surface area contributed by atoms with Crippen LogP contribution in [0, 0.1) is 5.92 Å². The van der Waals surface area contributed by atoms with Crippen molar-refractivity contribution < 1.29 is 9.59 Å². The average Bonchev–Trinajstić information content (AvgIpc) is 2.87. The summed E-state index contributed by atoms with van der Waals surface area (Å²) in [7, 11) is 0. The Morgan fingerprint density at radius 3 is 2.14 bits per heavy atom. The Morgan fingerprint density at radius 2 is 1.49 bits per heavy atom. The summed E-state index contributed by atoms with van der Waals surface area (Å²) in [5.74, 6) is 0.652. The van der Waals surface area contributed by atoms with Crippen molar-refractivity contribution >= 4 is 58.4 Å². The fourth-order valence-electron chi connectivity index (χ4n) is 3.78. The van der Waals surface area contributed by atoms with Crippen LogP contribution in [0.4, 0.5) is 0 Å². The molecule has 0 saturated carbocycles. The lowest BCUT2D eigenvalue weighted by molar-refractivity contribution is -0.139. The molecule has 1 N–H and O–H groups in total. The Balaban J connectivity index is 1.90. The maximum atomic E-state index is 13.7. The van der Waals surface area contributed by atoms with Crippen molar-refractivity contribution in [2.24, 2.45) is 5.92 Å². The molecule has 3 rings (SSSR count). The fourth-order valence-corrected chi connectivity index (χ4v) is 5.49. The van der Waals surface area contributed by atoms with Crippen molar-refractivity contribution in [1.82, 2.24) is 10.2 Å². The zero-order chi connectivity index (χ0) is 26.8. The van der Waals surface area contributed by atoms with Crippen LogP contribution in [0.2, 0.25) is 15.1 Å². The van der Waals surface area contributed by atoms with Gasteiger partial charge in [-0.05, 0) is 35.2 Å². The van der Waals surface area contributed by atoms with Gasteiger partial charge in [0.25, 0.3) is 0 Å². The molecular formula is C29H31Cl3N2O2S. The van der Waals surface area contributed by atoms with Gasteiger partial charge < -0.3 is 10.2 Å². The minimum atomic E-state index is -0.734. The molecule has 3 aromatic rings. The van der Waals surface area contributed by atoms with E-state index in [1.165, 1.54) is 11.8 Å². The monoisotopic (exact) mass is 576 g/mol. The standard InChI is InChI=1S/C29H31Cl3N2O2S/c1-20(2)16-33-29(36)27(15-21-9-4-3-5-10-21)34(17-23-25(31)13-8-14-26(23)32)28(35)19-37-18-22-11-6-7-12-24(22)30/h3-14,20,27H,15-19H2,1-2H3,(H,33,36)/t27-/m0/s1. The first-order chi connectivity index (χ1) is 17.8. The molecular weight excluding hydrogens is 547 g/mol. The van der Waals surface area contributed by atoms with Gasteiger partial charge in [-0.2, -0.15) is 0 Å². The number of amides is 2. The number of hydrogen-bond acceptors (Lipinski definition) is 3. The Hall–Kier alpha value is -2.18. The van der Waals surface area contributed by atoms with Gasteiger partial charge in [0.05, 0.1) is 5.75 Å². The predicted molar refractivity (Wildman–Crippen MR) is 156 cm³/mol. The number of benzene rings is 3. The highest BCUT2D eigenvalue weighted by Gasteiger charge is 2.31. The number of nitrogens with zero attached hydrogens (tertiary/aromatic N) is 1. The molecule has 0 bridgehead atoms. The summed E-state index contributed by atoms with van der Waals surface area (Å²) in [6.45, 7) is 4.70. The van der Waals surface area contributed by atoms with Crippen molar-refractivity contribution in [2.75, 3.05) is 12.3 Å². The Labute approximate surface area is 238 Å². The first-order valence-corrected chi connectivity index (χ1v) is 14.4. The molecule has 37 heavy (non-hydrogen) atoms. The topological polar surface area (TPSA) is 49.4 Å². The number of halogens is 3. The third-order valence-corrected chi connectivity index (χ3v) is 7.83. The third kappa shape index (κ3) is 8.96. The lowest BCUT2D eigenvalue weighted by Crippen LogP contribution is -2.51. The third-order valence-electron chi connectivity index (χ3n) is 5.79. The first-order valence-electron chi connectivity index (χ1n) is 12.1. The Bertz CT molecular complexity index is 1170. The van der Waals surface area contributed by atoms with Crippen LogP contribution in [0.5, 0.6) is 0 Å². The molecule has 0 aliphatic rings. The molecule has 0 fully saturated rings. The van der Waals surface area contributed by atoms with Crippen LogP contribution in [0.1, 0.15) is 30.5 Å². The summed E-state index contributed by atoms with van der Waals surface area (Å²) < 4.78 is 0. The molecule has 0 unspecified atom stereocenters. The largest absolute Gasteiger partial charge is 0.354 e. The molecule has 8 heteroatoms. The Morgan fingerprint density at radius 1 is 0.865 bits per heavy atom. The molecule has 196 valence electrons. The highest BCUT2D eigenvalue weighted by Crippen LogP contribution is 2.28. The van der Waals surface area contributed by atoms with E-state index in [2.05, 4.69) is 5.32 Å². The number of hydrogen-bond donors (Lipinski definition) is 1. The van der Waals surface area contributed by atoms with Crippen molar-refractivity contribution in [2.45, 2.75) is 38.6 Å². The minimum Gasteiger partial charge on any atom is -0.354 e. The second-order valence-corrected chi connectivity index (χ2v) is 11.4. The zero-order valence-electron chi connectivity index (χ0n) is 20.9. The maximum Gasteiger partial charge on any atom is 0.243 e. The number of carbonyl (C=O) groups is 2. The van der Waals surface area contributed by atoms with Gasteiger partial charge >= 0.3 is 0 Å². The molecule has 2 amide bonds. The van der Waals surface area contributed by atoms with Crippen molar-refractivity contribution in [1.29, 1.82) is 0 Å². The van der Waals surface area contributed by atoms with Crippen LogP contribution < -0.4 is 5.32 Å². The summed E-state index contributed by atoms with van der Waals surface area (Å²) in [4.78, 5) is 28.8. The molecule has 1 atom stereocenters. The summed E-state index contributed by atoms with van der Waals surface area (Å²) in [6.07, 6.45) is 0.369. The van der Waals surface area contributed by atoms with Crippen molar-refractivity contribution in [3.8, 4) is 0 Å². The molecule has 4 nitrogen and oxygen atoms in total. The van der Waals surface area contributed by atoms with Crippen LogP contribution in [0.25, 0.3) is 0 Å². The number of rotatable bonds is 12. The Kier molecular flexibility index (Phi) is 11.7. The highest BCUT2D eigenvalue weighted by atomic mass is 35.5. The van der Waals surface area contributed by atoms with Gasteiger partial charge in [0.15, 0.2) is 0 Å². The molecule has 0 aliphatic heterocycles. The van der Waals surface area contributed by atoms with Crippen LogP contribution in [0.3, 0.4) is 0 Å². The van der Waals surface area contributed by atoms with Gasteiger partial charge in [-0.15, -0.1) is 11.8 Å². The molecule has 0 aliphatic carbocycles. The van der Waals surface area contributed by atoms with Crippen LogP contribution in [-0.4, -0.2) is 35.1 Å². The smallest absolute Gasteiger partial charge is 0.243 e. The normalized spacial score (nSPS) is 11.8. The molecule has 0 heterocycles. The van der Waals surface area contributed by atoms with Gasteiger partial charge in [0.1, 0.15) is 6.04 Å². The second kappa shape index (κ2) is 14.7. The molecule has 0 aromatic heterocycles. The molecule has 0 spiro atoms. The van der Waals surface area contributed by atoms with E-state index < -0.39 is 6.04 Å². The predicted octanol–water partition coefficient (Wildman–Crippen LogP) is 7.29. The lowest BCUT2D eigenvalue weighted by atomic mass is 10.0. The number of carbonyl (C=O) groups excluding carboxylic acids is 2. The van der Waals surface area contributed by atoms with Gasteiger partial charge in [0.2, 0.25) is 11.8 Å². The van der Waals surface area contributed by atoms with Gasteiger partial charge in [-0.25, -0.2) is 0 Å². The molecule has 3 aromatic carbocycles. The van der Waals surface area contributed by atoms with E-state index in [1.807, 2.05) is 68.4 Å². The van der Waals surface area contributed by atoms with E-state index in [1.54, 1.807) is 23.1 Å². The van der Waals surface area contributed by atoms with Crippen LogP contribution in [-0.2, 0) is 28.3 Å². The molecule has 0 radical (unpaired) electrons. The number of thioether (sulfide) groups is 1. The van der Waals surface area contributed by atoms with E-state index in [4.69, 9.17) is 34.8 Å². The number of nitrogens with one attached hydrogen (secondary N) is 1. The van der Waals surface area contributed by atoms with E-state index >= 15 is 0 Å². The minimum absolute atomic E-state index is 0.122.